The highest BCUT2D eigenvalue weighted by atomic mass is 16.5. The summed E-state index contributed by atoms with van der Waals surface area (Å²) >= 11 is 0. The van der Waals surface area contributed by atoms with Gasteiger partial charge in [0.15, 0.2) is 0 Å². The highest BCUT2D eigenvalue weighted by Crippen LogP contribution is 2.26. The van der Waals surface area contributed by atoms with Gasteiger partial charge in [-0.05, 0) is 74.2 Å². The van der Waals surface area contributed by atoms with E-state index in [2.05, 4.69) is 17.2 Å². The lowest BCUT2D eigenvalue weighted by atomic mass is 9.90. The Morgan fingerprint density at radius 1 is 0.727 bits per heavy atom. The van der Waals surface area contributed by atoms with Gasteiger partial charge in [-0.2, -0.15) is 10.2 Å². The first-order chi connectivity index (χ1) is 16.2. The van der Waals surface area contributed by atoms with Crippen LogP contribution in [0.3, 0.4) is 0 Å². The zero-order chi connectivity index (χ0) is 23.2. The van der Waals surface area contributed by atoms with Gasteiger partial charge in [-0.25, -0.2) is 0 Å². The summed E-state index contributed by atoms with van der Waals surface area (Å²) in [6.45, 7) is 7.67. The first-order valence-electron chi connectivity index (χ1n) is 11.7. The van der Waals surface area contributed by atoms with E-state index in [1.54, 1.807) is 7.11 Å². The van der Waals surface area contributed by atoms with Gasteiger partial charge >= 0.3 is 0 Å². The van der Waals surface area contributed by atoms with Crippen molar-refractivity contribution in [3.63, 3.8) is 0 Å². The smallest absolute Gasteiger partial charge is 0.119 e. The molecular weight excluding hydrogens is 420 g/mol. The topological polar surface area (TPSA) is 70.9 Å². The van der Waals surface area contributed by atoms with Crippen LogP contribution in [0.15, 0.2) is 58.8 Å². The maximum Gasteiger partial charge on any atom is 0.119 e. The second-order valence-corrected chi connectivity index (χ2v) is 8.62. The van der Waals surface area contributed by atoms with Crippen molar-refractivity contribution < 1.29 is 23.7 Å². The minimum atomic E-state index is 0.240. The number of methoxy groups -OCH3 is 1. The molecule has 7 heteroatoms. The largest absolute Gasteiger partial charge is 0.497 e. The van der Waals surface area contributed by atoms with E-state index in [1.807, 2.05) is 48.5 Å². The lowest BCUT2D eigenvalue weighted by molar-refractivity contribution is -0.138. The maximum atomic E-state index is 5.80. The highest BCUT2D eigenvalue weighted by Gasteiger charge is 2.33. The predicted molar refractivity (Wildman–Crippen MR) is 128 cm³/mol. The zero-order valence-electron chi connectivity index (χ0n) is 19.8. The Labute approximate surface area is 197 Å². The molecule has 0 atom stereocenters. The molecule has 3 rings (SSSR count). The molecular formula is C26H36N2O5. The number of rotatable bonds is 16. The molecule has 1 aliphatic rings. The van der Waals surface area contributed by atoms with Gasteiger partial charge in [-0.3, -0.25) is 0 Å². The molecule has 0 amide bonds. The summed E-state index contributed by atoms with van der Waals surface area (Å²) in [6.07, 6.45) is 4.02. The Morgan fingerprint density at radius 3 is 1.76 bits per heavy atom. The van der Waals surface area contributed by atoms with Crippen LogP contribution in [0.25, 0.3) is 0 Å². The molecule has 1 fully saturated rings. The quantitative estimate of drug-likeness (QED) is 0.225. The van der Waals surface area contributed by atoms with Gasteiger partial charge in [-0.1, -0.05) is 6.92 Å². The molecule has 0 radical (unpaired) electrons. The Hall–Kier alpha value is -2.48. The molecule has 1 aliphatic heterocycles. The number of hydrogen-bond donors (Lipinski definition) is 0. The lowest BCUT2D eigenvalue weighted by Gasteiger charge is -2.37. The van der Waals surface area contributed by atoms with E-state index in [1.165, 1.54) is 0 Å². The molecule has 0 N–H and O–H groups in total. The number of benzene rings is 2. The average Bonchev–Trinajstić information content (AvgIpc) is 2.83. The summed E-state index contributed by atoms with van der Waals surface area (Å²) < 4.78 is 27.6. The molecule has 0 saturated carbocycles. The van der Waals surface area contributed by atoms with Crippen molar-refractivity contribution in [1.82, 2.24) is 0 Å². The van der Waals surface area contributed by atoms with Crippen molar-refractivity contribution in [2.24, 2.45) is 15.6 Å². The lowest BCUT2D eigenvalue weighted by Crippen LogP contribution is -2.43. The Kier molecular flexibility index (Phi) is 10.6. The fourth-order valence-electron chi connectivity index (χ4n) is 3.23. The molecule has 2 aromatic rings. The van der Waals surface area contributed by atoms with Crippen molar-refractivity contribution in [2.45, 2.75) is 32.6 Å². The second-order valence-electron chi connectivity index (χ2n) is 8.62. The number of unbranched alkanes of at least 4 members (excludes halogenated alkanes) is 2. The van der Waals surface area contributed by atoms with Gasteiger partial charge in [0, 0.05) is 25.2 Å². The Morgan fingerprint density at radius 2 is 1.24 bits per heavy atom. The minimum Gasteiger partial charge on any atom is -0.497 e. The number of nitrogens with zero attached hydrogens (tertiary/aromatic N) is 2. The first kappa shape index (κ1) is 25.1. The van der Waals surface area contributed by atoms with Crippen LogP contribution in [-0.4, -0.2) is 53.4 Å². The molecule has 1 heterocycles. The Balaban J connectivity index is 1.17. The monoisotopic (exact) mass is 456 g/mol. The fourth-order valence-corrected chi connectivity index (χ4v) is 3.23. The van der Waals surface area contributed by atoms with Crippen LogP contribution in [0.2, 0.25) is 0 Å². The molecule has 33 heavy (non-hydrogen) atoms. The highest BCUT2D eigenvalue weighted by molar-refractivity contribution is 5.44. The number of ether oxygens (including phenoxy) is 5. The molecule has 0 spiro atoms. The van der Waals surface area contributed by atoms with Crippen LogP contribution >= 0.6 is 0 Å². The summed E-state index contributed by atoms with van der Waals surface area (Å²) in [5.74, 6) is 1.63. The van der Waals surface area contributed by atoms with Gasteiger partial charge in [0.05, 0.1) is 44.9 Å². The third-order valence-electron chi connectivity index (χ3n) is 5.32. The van der Waals surface area contributed by atoms with E-state index in [0.29, 0.717) is 6.61 Å². The van der Waals surface area contributed by atoms with Crippen LogP contribution in [0.5, 0.6) is 11.5 Å². The number of hydrogen-bond acceptors (Lipinski definition) is 7. The van der Waals surface area contributed by atoms with E-state index < -0.39 is 0 Å². The van der Waals surface area contributed by atoms with Crippen LogP contribution < -0.4 is 9.47 Å². The van der Waals surface area contributed by atoms with Gasteiger partial charge < -0.3 is 23.7 Å². The minimum absolute atomic E-state index is 0.240. The van der Waals surface area contributed by atoms with Crippen molar-refractivity contribution in [1.29, 1.82) is 0 Å². The summed E-state index contributed by atoms with van der Waals surface area (Å²) in [4.78, 5) is 0. The molecule has 180 valence electrons. The summed E-state index contributed by atoms with van der Waals surface area (Å²) in [5.41, 5.74) is 1.80. The van der Waals surface area contributed by atoms with Crippen molar-refractivity contribution in [3.05, 3.63) is 48.5 Å². The van der Waals surface area contributed by atoms with Crippen LogP contribution in [0.4, 0.5) is 11.4 Å². The third kappa shape index (κ3) is 9.50. The fraction of sp³-hybridized carbons (Fsp3) is 0.538. The van der Waals surface area contributed by atoms with Crippen LogP contribution in [0.1, 0.15) is 32.6 Å². The summed E-state index contributed by atoms with van der Waals surface area (Å²) in [7, 11) is 1.64. The van der Waals surface area contributed by atoms with E-state index in [9.17, 15) is 0 Å². The predicted octanol–water partition coefficient (Wildman–Crippen LogP) is 6.12. The van der Waals surface area contributed by atoms with E-state index in [0.717, 1.165) is 88.2 Å². The summed E-state index contributed by atoms with van der Waals surface area (Å²) in [6, 6.07) is 15.1. The molecule has 7 nitrogen and oxygen atoms in total. The zero-order valence-corrected chi connectivity index (χ0v) is 19.8. The maximum absolute atomic E-state index is 5.80. The van der Waals surface area contributed by atoms with Gasteiger partial charge in [0.1, 0.15) is 11.5 Å². The number of azo groups is 1. The van der Waals surface area contributed by atoms with Gasteiger partial charge in [0.25, 0.3) is 0 Å². The molecule has 0 aliphatic carbocycles. The SMILES string of the molecule is COc1ccc(N=Nc2ccc(OCCCCOCCCCOCC3(C)COC3)cc2)cc1. The molecule has 1 saturated heterocycles. The van der Waals surface area contributed by atoms with Crippen LogP contribution in [-0.2, 0) is 14.2 Å². The van der Waals surface area contributed by atoms with Gasteiger partial charge in [-0.15, -0.1) is 0 Å². The van der Waals surface area contributed by atoms with Crippen molar-refractivity contribution in [2.75, 3.05) is 53.4 Å². The van der Waals surface area contributed by atoms with Crippen LogP contribution in [0, 0.1) is 5.41 Å². The average molecular weight is 457 g/mol. The van der Waals surface area contributed by atoms with Crippen molar-refractivity contribution >= 4 is 11.4 Å². The van der Waals surface area contributed by atoms with Gasteiger partial charge in [0.2, 0.25) is 0 Å². The molecule has 2 aromatic carbocycles. The van der Waals surface area contributed by atoms with E-state index >= 15 is 0 Å². The molecule has 0 bridgehead atoms. The summed E-state index contributed by atoms with van der Waals surface area (Å²) in [5, 5.41) is 8.48. The second kappa shape index (κ2) is 13.9. The standard InChI is InChI=1S/C26H36N2O5/c1-26(20-32-21-26)19-31-17-4-3-15-30-16-5-6-18-33-25-13-9-23(10-14-25)28-27-22-7-11-24(29-2)12-8-22/h7-14H,3-6,15-21H2,1-2H3. The van der Waals surface area contributed by atoms with Crippen molar-refractivity contribution in [3.8, 4) is 11.5 Å². The Bertz CT molecular complexity index is 820. The normalized spacial score (nSPS) is 14.8. The molecule has 0 unspecified atom stereocenters. The third-order valence-corrected chi connectivity index (χ3v) is 5.32. The van der Waals surface area contributed by atoms with E-state index in [4.69, 9.17) is 23.7 Å². The van der Waals surface area contributed by atoms with E-state index in [-0.39, 0.29) is 5.41 Å². The first-order valence-corrected chi connectivity index (χ1v) is 11.7. The molecule has 0 aromatic heterocycles.